The highest BCUT2D eigenvalue weighted by Gasteiger charge is 2.26. The molecule has 102 valence electrons. The quantitative estimate of drug-likeness (QED) is 0.849. The number of hydrogen-bond acceptors (Lipinski definition) is 2. The molecule has 0 unspecified atom stereocenters. The number of anilines is 2. The highest BCUT2D eigenvalue weighted by atomic mass is 16.2. The van der Waals surface area contributed by atoms with Crippen LogP contribution in [0.1, 0.15) is 28.4 Å². The first kappa shape index (κ1) is 12.7. The highest BCUT2D eigenvalue weighted by Crippen LogP contribution is 2.33. The molecule has 1 amide bonds. The van der Waals surface area contributed by atoms with Gasteiger partial charge in [-0.2, -0.15) is 0 Å². The van der Waals surface area contributed by atoms with E-state index in [0.29, 0.717) is 6.54 Å². The van der Waals surface area contributed by atoms with E-state index in [1.165, 1.54) is 5.56 Å². The molecule has 0 aromatic heterocycles. The molecule has 2 aromatic carbocycles. The number of rotatable bonds is 2. The molecule has 2 N–H and O–H groups in total. The standard InChI is InChI=1S/C17H18N2O/c1-2-12-6-8-13(9-7-12)17(20)19-11-10-14-15(18)4-3-5-16(14)19/h3-9H,2,10-11,18H2,1H3. The molecule has 0 atom stereocenters. The summed E-state index contributed by atoms with van der Waals surface area (Å²) in [4.78, 5) is 14.4. The maximum absolute atomic E-state index is 12.6. The molecule has 0 saturated carbocycles. The summed E-state index contributed by atoms with van der Waals surface area (Å²) in [5, 5.41) is 0. The molecule has 20 heavy (non-hydrogen) atoms. The van der Waals surface area contributed by atoms with Gasteiger partial charge in [0.25, 0.3) is 5.91 Å². The third-order valence-corrected chi connectivity index (χ3v) is 3.92. The van der Waals surface area contributed by atoms with Crippen molar-refractivity contribution in [1.82, 2.24) is 0 Å². The van der Waals surface area contributed by atoms with E-state index in [1.54, 1.807) is 0 Å². The van der Waals surface area contributed by atoms with Crippen molar-refractivity contribution in [3.63, 3.8) is 0 Å². The van der Waals surface area contributed by atoms with Crippen LogP contribution in [0.2, 0.25) is 0 Å². The molecule has 0 spiro atoms. The fraction of sp³-hybridized carbons (Fsp3) is 0.235. The van der Waals surface area contributed by atoms with E-state index < -0.39 is 0 Å². The first-order valence-electron chi connectivity index (χ1n) is 6.99. The third-order valence-electron chi connectivity index (χ3n) is 3.92. The van der Waals surface area contributed by atoms with Gasteiger partial charge in [-0.25, -0.2) is 0 Å². The lowest BCUT2D eigenvalue weighted by atomic mass is 10.1. The Bertz CT molecular complexity index is 647. The molecule has 1 heterocycles. The average Bonchev–Trinajstić information content (AvgIpc) is 2.92. The SMILES string of the molecule is CCc1ccc(C(=O)N2CCc3c(N)cccc32)cc1. The van der Waals surface area contributed by atoms with E-state index in [1.807, 2.05) is 47.4 Å². The fourth-order valence-electron chi connectivity index (χ4n) is 2.71. The van der Waals surface area contributed by atoms with Crippen LogP contribution in [0.3, 0.4) is 0 Å². The summed E-state index contributed by atoms with van der Waals surface area (Å²) in [6.07, 6.45) is 1.82. The van der Waals surface area contributed by atoms with E-state index in [0.717, 1.165) is 35.3 Å². The first-order chi connectivity index (χ1) is 9.70. The van der Waals surface area contributed by atoms with Crippen LogP contribution in [0.4, 0.5) is 11.4 Å². The van der Waals surface area contributed by atoms with Crippen molar-refractivity contribution in [1.29, 1.82) is 0 Å². The lowest BCUT2D eigenvalue weighted by molar-refractivity contribution is 0.0989. The van der Waals surface area contributed by atoms with Gasteiger partial charge in [0.1, 0.15) is 0 Å². The van der Waals surface area contributed by atoms with Crippen molar-refractivity contribution >= 4 is 17.3 Å². The van der Waals surface area contributed by atoms with Crippen molar-refractivity contribution in [3.8, 4) is 0 Å². The van der Waals surface area contributed by atoms with Gasteiger partial charge in [-0.1, -0.05) is 25.1 Å². The van der Waals surface area contributed by atoms with Gasteiger partial charge in [0, 0.05) is 29.0 Å². The molecule has 0 aliphatic carbocycles. The van der Waals surface area contributed by atoms with Gasteiger partial charge in [-0.3, -0.25) is 4.79 Å². The van der Waals surface area contributed by atoms with Crippen LogP contribution in [-0.4, -0.2) is 12.5 Å². The number of benzene rings is 2. The zero-order valence-electron chi connectivity index (χ0n) is 11.6. The number of carbonyl (C=O) groups is 1. The lowest BCUT2D eigenvalue weighted by Crippen LogP contribution is -2.28. The van der Waals surface area contributed by atoms with Gasteiger partial charge in [-0.05, 0) is 42.7 Å². The van der Waals surface area contributed by atoms with Crippen LogP contribution >= 0.6 is 0 Å². The normalized spacial score (nSPS) is 13.3. The van der Waals surface area contributed by atoms with Gasteiger partial charge in [0.2, 0.25) is 0 Å². The summed E-state index contributed by atoms with van der Waals surface area (Å²) >= 11 is 0. The summed E-state index contributed by atoms with van der Waals surface area (Å²) in [5.41, 5.74) is 10.8. The van der Waals surface area contributed by atoms with E-state index >= 15 is 0 Å². The summed E-state index contributed by atoms with van der Waals surface area (Å²) < 4.78 is 0. The minimum absolute atomic E-state index is 0.0528. The Morgan fingerprint density at radius 2 is 1.95 bits per heavy atom. The molecule has 0 radical (unpaired) electrons. The second kappa shape index (κ2) is 5.00. The predicted octanol–water partition coefficient (Wildman–Crippen LogP) is 3.03. The number of nitrogens with two attached hydrogens (primary N) is 1. The van der Waals surface area contributed by atoms with Crippen molar-refractivity contribution in [2.75, 3.05) is 17.2 Å². The average molecular weight is 266 g/mol. The molecule has 0 fully saturated rings. The number of nitrogens with zero attached hydrogens (tertiary/aromatic N) is 1. The first-order valence-corrected chi connectivity index (χ1v) is 6.99. The number of nitrogen functional groups attached to an aromatic ring is 1. The number of carbonyl (C=O) groups excluding carboxylic acids is 1. The molecule has 1 aliphatic heterocycles. The topological polar surface area (TPSA) is 46.3 Å². The second-order valence-corrected chi connectivity index (χ2v) is 5.10. The van der Waals surface area contributed by atoms with Crippen LogP contribution in [-0.2, 0) is 12.8 Å². The van der Waals surface area contributed by atoms with E-state index in [9.17, 15) is 4.79 Å². The highest BCUT2D eigenvalue weighted by molar-refractivity contribution is 6.07. The van der Waals surface area contributed by atoms with Crippen molar-refractivity contribution in [2.24, 2.45) is 0 Å². The minimum Gasteiger partial charge on any atom is -0.398 e. The maximum Gasteiger partial charge on any atom is 0.258 e. The molecular weight excluding hydrogens is 248 g/mol. The largest absolute Gasteiger partial charge is 0.398 e. The van der Waals surface area contributed by atoms with Crippen LogP contribution in [0.25, 0.3) is 0 Å². The number of hydrogen-bond donors (Lipinski definition) is 1. The Morgan fingerprint density at radius 1 is 1.20 bits per heavy atom. The molecular formula is C17H18N2O. The predicted molar refractivity (Wildman–Crippen MR) is 82.1 cm³/mol. The summed E-state index contributed by atoms with van der Waals surface area (Å²) in [7, 11) is 0. The monoisotopic (exact) mass is 266 g/mol. The van der Waals surface area contributed by atoms with E-state index in [4.69, 9.17) is 5.73 Å². The van der Waals surface area contributed by atoms with Gasteiger partial charge in [0.05, 0.1) is 0 Å². The van der Waals surface area contributed by atoms with Crippen LogP contribution in [0.15, 0.2) is 42.5 Å². The molecule has 2 aromatic rings. The summed E-state index contributed by atoms with van der Waals surface area (Å²) in [6.45, 7) is 2.81. The number of aryl methyl sites for hydroxylation is 1. The molecule has 0 bridgehead atoms. The summed E-state index contributed by atoms with van der Waals surface area (Å²) in [5.74, 6) is 0.0528. The maximum atomic E-state index is 12.6. The number of amides is 1. The number of fused-ring (bicyclic) bond motifs is 1. The Kier molecular flexibility index (Phi) is 3.18. The fourth-order valence-corrected chi connectivity index (χ4v) is 2.71. The van der Waals surface area contributed by atoms with Gasteiger partial charge in [-0.15, -0.1) is 0 Å². The molecule has 3 nitrogen and oxygen atoms in total. The Balaban J connectivity index is 1.91. The second-order valence-electron chi connectivity index (χ2n) is 5.10. The molecule has 3 rings (SSSR count). The Labute approximate surface area is 119 Å². The van der Waals surface area contributed by atoms with Crippen LogP contribution in [0, 0.1) is 0 Å². The van der Waals surface area contributed by atoms with Gasteiger partial charge in [0.15, 0.2) is 0 Å². The minimum atomic E-state index is 0.0528. The van der Waals surface area contributed by atoms with Crippen LogP contribution < -0.4 is 10.6 Å². The van der Waals surface area contributed by atoms with E-state index in [2.05, 4.69) is 6.92 Å². The molecule has 0 saturated heterocycles. The zero-order chi connectivity index (χ0) is 14.1. The van der Waals surface area contributed by atoms with Crippen molar-refractivity contribution < 1.29 is 4.79 Å². The molecule has 3 heteroatoms. The Hall–Kier alpha value is -2.29. The van der Waals surface area contributed by atoms with Gasteiger partial charge >= 0.3 is 0 Å². The van der Waals surface area contributed by atoms with Crippen LogP contribution in [0.5, 0.6) is 0 Å². The Morgan fingerprint density at radius 3 is 2.65 bits per heavy atom. The summed E-state index contributed by atoms with van der Waals surface area (Å²) in [6, 6.07) is 13.6. The van der Waals surface area contributed by atoms with Crippen molar-refractivity contribution in [2.45, 2.75) is 19.8 Å². The van der Waals surface area contributed by atoms with E-state index in [-0.39, 0.29) is 5.91 Å². The third kappa shape index (κ3) is 2.05. The smallest absolute Gasteiger partial charge is 0.258 e. The van der Waals surface area contributed by atoms with Gasteiger partial charge < -0.3 is 10.6 Å². The zero-order valence-corrected chi connectivity index (χ0v) is 11.6. The lowest BCUT2D eigenvalue weighted by Gasteiger charge is -2.17. The van der Waals surface area contributed by atoms with Crippen molar-refractivity contribution in [3.05, 3.63) is 59.2 Å². The molecule has 1 aliphatic rings.